The number of methoxy groups -OCH3 is 2. The van der Waals surface area contributed by atoms with Crippen molar-refractivity contribution in [2.45, 2.75) is 39.9 Å². The van der Waals surface area contributed by atoms with Gasteiger partial charge in [0.25, 0.3) is 0 Å². The number of ether oxygens (including phenoxy) is 2. The first-order chi connectivity index (χ1) is 11.6. The first kappa shape index (κ1) is 16.9. The predicted octanol–water partition coefficient (Wildman–Crippen LogP) is 5.72. The summed E-state index contributed by atoms with van der Waals surface area (Å²) in [6, 6.07) is 13.4. The van der Waals surface area contributed by atoms with Crippen LogP contribution in [0.1, 0.15) is 42.0 Å². The van der Waals surface area contributed by atoms with E-state index >= 15 is 0 Å². The van der Waals surface area contributed by atoms with Gasteiger partial charge in [0.05, 0.1) is 13.2 Å². The molecule has 3 aromatic carbocycles. The first-order valence-corrected chi connectivity index (χ1v) is 8.52. The molecule has 0 bridgehead atoms. The summed E-state index contributed by atoms with van der Waals surface area (Å²) in [5, 5.41) is 5.37. The molecule has 2 nitrogen and oxygen atoms in total. The molecule has 0 aliphatic heterocycles. The Balaban J connectivity index is 2.40. The quantitative estimate of drug-likeness (QED) is 0.559. The lowest BCUT2D eigenvalue weighted by molar-refractivity contribution is 0.185. The van der Waals surface area contributed by atoms with Crippen molar-refractivity contribution in [3.63, 3.8) is 0 Å². The summed E-state index contributed by atoms with van der Waals surface area (Å²) in [4.78, 5) is 0. The van der Waals surface area contributed by atoms with E-state index in [0.29, 0.717) is 19.1 Å². The molecule has 0 atom stereocenters. The van der Waals surface area contributed by atoms with Gasteiger partial charge in [-0.3, -0.25) is 0 Å². The van der Waals surface area contributed by atoms with Crippen molar-refractivity contribution in [1.29, 1.82) is 0 Å². The summed E-state index contributed by atoms with van der Waals surface area (Å²) in [6.45, 7) is 8.06. The maximum atomic E-state index is 5.33. The molecule has 3 aromatic rings. The largest absolute Gasteiger partial charge is 0.380 e. The number of hydrogen-bond acceptors (Lipinski definition) is 2. The van der Waals surface area contributed by atoms with E-state index in [9.17, 15) is 0 Å². The highest BCUT2D eigenvalue weighted by Gasteiger charge is 2.15. The van der Waals surface area contributed by atoms with Crippen LogP contribution >= 0.6 is 0 Å². The first-order valence-electron chi connectivity index (χ1n) is 8.52. The molecule has 0 amide bonds. The van der Waals surface area contributed by atoms with E-state index in [1.165, 1.54) is 43.8 Å². The van der Waals surface area contributed by atoms with E-state index in [-0.39, 0.29) is 0 Å². The zero-order chi connectivity index (χ0) is 17.3. The van der Waals surface area contributed by atoms with Crippen LogP contribution in [0.2, 0.25) is 0 Å². The van der Waals surface area contributed by atoms with Crippen LogP contribution in [0, 0.1) is 6.92 Å². The number of hydrogen-bond donors (Lipinski definition) is 0. The Morgan fingerprint density at radius 1 is 0.750 bits per heavy atom. The van der Waals surface area contributed by atoms with Crippen molar-refractivity contribution in [3.05, 3.63) is 58.7 Å². The third-order valence-electron chi connectivity index (χ3n) is 4.76. The van der Waals surface area contributed by atoms with Gasteiger partial charge in [-0.05, 0) is 68.8 Å². The lowest BCUT2D eigenvalue weighted by atomic mass is 9.86. The zero-order valence-electron chi connectivity index (χ0n) is 15.3. The summed E-state index contributed by atoms with van der Waals surface area (Å²) in [6.07, 6.45) is 0. The van der Waals surface area contributed by atoms with Gasteiger partial charge in [-0.25, -0.2) is 0 Å². The van der Waals surface area contributed by atoms with Crippen LogP contribution in [0.3, 0.4) is 0 Å². The Labute approximate surface area is 144 Å². The number of rotatable bonds is 5. The zero-order valence-corrected chi connectivity index (χ0v) is 15.3. The Hall–Kier alpha value is -1.90. The van der Waals surface area contributed by atoms with Crippen molar-refractivity contribution >= 4 is 21.5 Å². The van der Waals surface area contributed by atoms with Gasteiger partial charge in [0, 0.05) is 14.2 Å². The second-order valence-corrected chi connectivity index (χ2v) is 6.82. The molecule has 2 heteroatoms. The van der Waals surface area contributed by atoms with Gasteiger partial charge in [0.15, 0.2) is 0 Å². The van der Waals surface area contributed by atoms with Gasteiger partial charge in [-0.2, -0.15) is 0 Å². The van der Waals surface area contributed by atoms with Gasteiger partial charge in [0.1, 0.15) is 0 Å². The SMILES string of the molecule is COCc1ccc2c(C)c3ccc(COC)cc3c(C(C)C)c2c1. The molecule has 0 aliphatic carbocycles. The molecule has 0 radical (unpaired) electrons. The summed E-state index contributed by atoms with van der Waals surface area (Å²) < 4.78 is 10.7. The van der Waals surface area contributed by atoms with Gasteiger partial charge < -0.3 is 9.47 Å². The Kier molecular flexibility index (Phi) is 4.88. The Morgan fingerprint density at radius 2 is 1.21 bits per heavy atom. The summed E-state index contributed by atoms with van der Waals surface area (Å²) >= 11 is 0. The smallest absolute Gasteiger partial charge is 0.0713 e. The monoisotopic (exact) mass is 322 g/mol. The van der Waals surface area contributed by atoms with Gasteiger partial charge in [-0.15, -0.1) is 0 Å². The molecule has 0 spiro atoms. The van der Waals surface area contributed by atoms with E-state index in [1.54, 1.807) is 14.2 Å². The van der Waals surface area contributed by atoms with E-state index in [0.717, 1.165) is 0 Å². The average Bonchev–Trinajstić information content (AvgIpc) is 2.55. The van der Waals surface area contributed by atoms with E-state index in [1.807, 2.05) is 0 Å². The fraction of sp³-hybridized carbons (Fsp3) is 0.364. The van der Waals surface area contributed by atoms with Crippen LogP contribution in [0.5, 0.6) is 0 Å². The second-order valence-electron chi connectivity index (χ2n) is 6.82. The molecule has 0 N–H and O–H groups in total. The number of fused-ring (bicyclic) bond motifs is 2. The van der Waals surface area contributed by atoms with Gasteiger partial charge >= 0.3 is 0 Å². The highest BCUT2D eigenvalue weighted by atomic mass is 16.5. The molecule has 0 aliphatic rings. The fourth-order valence-electron chi connectivity index (χ4n) is 3.71. The molecule has 24 heavy (non-hydrogen) atoms. The molecule has 126 valence electrons. The molecule has 0 aromatic heterocycles. The third kappa shape index (κ3) is 2.92. The summed E-state index contributed by atoms with van der Waals surface area (Å²) in [7, 11) is 3.49. The molecule has 0 saturated carbocycles. The minimum Gasteiger partial charge on any atom is -0.380 e. The van der Waals surface area contributed by atoms with Crippen LogP contribution < -0.4 is 0 Å². The van der Waals surface area contributed by atoms with Crippen molar-refractivity contribution in [2.24, 2.45) is 0 Å². The highest BCUT2D eigenvalue weighted by molar-refractivity contribution is 6.06. The van der Waals surface area contributed by atoms with Crippen molar-refractivity contribution < 1.29 is 9.47 Å². The van der Waals surface area contributed by atoms with Crippen molar-refractivity contribution in [2.75, 3.05) is 14.2 Å². The fourth-order valence-corrected chi connectivity index (χ4v) is 3.71. The van der Waals surface area contributed by atoms with E-state index in [4.69, 9.17) is 9.47 Å². The van der Waals surface area contributed by atoms with E-state index < -0.39 is 0 Å². The maximum Gasteiger partial charge on any atom is 0.0713 e. The molecule has 0 fully saturated rings. The molecule has 3 rings (SSSR count). The topological polar surface area (TPSA) is 18.5 Å². The van der Waals surface area contributed by atoms with Crippen LogP contribution in [-0.2, 0) is 22.7 Å². The van der Waals surface area contributed by atoms with Crippen LogP contribution in [-0.4, -0.2) is 14.2 Å². The summed E-state index contributed by atoms with van der Waals surface area (Å²) in [5.41, 5.74) is 5.20. The highest BCUT2D eigenvalue weighted by Crippen LogP contribution is 2.37. The lowest BCUT2D eigenvalue weighted by Crippen LogP contribution is -1.98. The van der Waals surface area contributed by atoms with Crippen molar-refractivity contribution in [1.82, 2.24) is 0 Å². The average molecular weight is 322 g/mol. The number of benzene rings is 3. The van der Waals surface area contributed by atoms with Gasteiger partial charge in [-0.1, -0.05) is 38.1 Å². The molecular weight excluding hydrogens is 296 g/mol. The van der Waals surface area contributed by atoms with Crippen LogP contribution in [0.4, 0.5) is 0 Å². The standard InChI is InChI=1S/C22H26O2/c1-14(2)22-20-10-16(12-23-4)6-8-18(20)15(3)19-9-7-17(13-24-5)11-21(19)22/h6-11,14H,12-13H2,1-5H3. The minimum atomic E-state index is 0.450. The predicted molar refractivity (Wildman–Crippen MR) is 102 cm³/mol. The lowest BCUT2D eigenvalue weighted by Gasteiger charge is -2.19. The third-order valence-corrected chi connectivity index (χ3v) is 4.76. The van der Waals surface area contributed by atoms with E-state index in [2.05, 4.69) is 57.2 Å². The minimum absolute atomic E-state index is 0.450. The second kappa shape index (κ2) is 6.92. The molecular formula is C22H26O2. The maximum absolute atomic E-state index is 5.33. The Bertz CT molecular complexity index is 811. The summed E-state index contributed by atoms with van der Waals surface area (Å²) in [5.74, 6) is 0.450. The van der Waals surface area contributed by atoms with Gasteiger partial charge in [0.2, 0.25) is 0 Å². The molecule has 0 unspecified atom stereocenters. The Morgan fingerprint density at radius 3 is 1.58 bits per heavy atom. The molecule has 0 saturated heterocycles. The molecule has 0 heterocycles. The number of aryl methyl sites for hydroxylation is 1. The van der Waals surface area contributed by atoms with Crippen LogP contribution in [0.15, 0.2) is 36.4 Å². The van der Waals surface area contributed by atoms with Crippen molar-refractivity contribution in [3.8, 4) is 0 Å². The normalized spacial score (nSPS) is 11.8. The van der Waals surface area contributed by atoms with Crippen LogP contribution in [0.25, 0.3) is 21.5 Å².